The van der Waals surface area contributed by atoms with Crippen molar-refractivity contribution >= 4 is 27.4 Å². The Bertz CT molecular complexity index is 1210. The minimum absolute atomic E-state index is 0.0815. The Morgan fingerprint density at radius 2 is 1.69 bits per heavy atom. The van der Waals surface area contributed by atoms with Crippen LogP contribution >= 0.6 is 0 Å². The highest BCUT2D eigenvalue weighted by Gasteiger charge is 2.19. The van der Waals surface area contributed by atoms with Crippen LogP contribution in [0.5, 0.6) is 0 Å². The van der Waals surface area contributed by atoms with Gasteiger partial charge in [0.2, 0.25) is 9.84 Å². The molecule has 3 aromatic rings. The molecule has 2 aromatic carbocycles. The third kappa shape index (κ3) is 5.50. The zero-order valence-electron chi connectivity index (χ0n) is 18.1. The SMILES string of the molecule is CN=C(NCc1ccc(S(=O)(=O)c2cccc(C(=O)N(C)C)c2)cc1)Nc1ccncc1. The lowest BCUT2D eigenvalue weighted by Crippen LogP contribution is -2.30. The van der Waals surface area contributed by atoms with Gasteiger partial charge in [-0.1, -0.05) is 18.2 Å². The second kappa shape index (κ2) is 10.1. The number of hydrogen-bond acceptors (Lipinski definition) is 5. The van der Waals surface area contributed by atoms with Gasteiger partial charge in [-0.2, -0.15) is 0 Å². The molecule has 3 rings (SSSR count). The van der Waals surface area contributed by atoms with Crippen LogP contribution in [0.3, 0.4) is 0 Å². The second-order valence-corrected chi connectivity index (χ2v) is 9.11. The van der Waals surface area contributed by atoms with Crippen LogP contribution in [0.1, 0.15) is 15.9 Å². The van der Waals surface area contributed by atoms with E-state index in [9.17, 15) is 13.2 Å². The Hall–Kier alpha value is -3.72. The molecule has 0 unspecified atom stereocenters. The molecule has 32 heavy (non-hydrogen) atoms. The molecule has 0 saturated heterocycles. The monoisotopic (exact) mass is 451 g/mol. The zero-order chi connectivity index (χ0) is 23.1. The largest absolute Gasteiger partial charge is 0.352 e. The average Bonchev–Trinajstić information content (AvgIpc) is 2.82. The molecule has 2 N–H and O–H groups in total. The number of rotatable bonds is 6. The summed E-state index contributed by atoms with van der Waals surface area (Å²) in [7, 11) is 1.17. The maximum Gasteiger partial charge on any atom is 0.253 e. The standard InChI is InChI=1S/C23H25N5O3S/c1-24-23(27-19-11-13-25-14-12-19)26-16-17-7-9-20(10-8-17)32(30,31)21-6-4-5-18(15-21)22(29)28(2)3/h4-15H,16H2,1-3H3,(H2,24,25,26,27). The van der Waals surface area contributed by atoms with Crippen molar-refractivity contribution in [3.05, 3.63) is 84.2 Å². The Morgan fingerprint density at radius 3 is 2.31 bits per heavy atom. The van der Waals surface area contributed by atoms with E-state index in [-0.39, 0.29) is 15.7 Å². The molecule has 1 heterocycles. The van der Waals surface area contributed by atoms with Gasteiger partial charge in [0.25, 0.3) is 5.91 Å². The lowest BCUT2D eigenvalue weighted by Gasteiger charge is -2.13. The predicted octanol–water partition coefficient (Wildman–Crippen LogP) is 2.80. The molecule has 0 aliphatic heterocycles. The molecule has 0 fully saturated rings. The molecule has 0 bridgehead atoms. The van der Waals surface area contributed by atoms with Crippen LogP contribution in [0.25, 0.3) is 0 Å². The van der Waals surface area contributed by atoms with E-state index in [1.165, 1.54) is 17.0 Å². The number of nitrogens with one attached hydrogen (secondary N) is 2. The molecule has 0 spiro atoms. The molecule has 1 amide bonds. The Balaban J connectivity index is 1.71. The van der Waals surface area contributed by atoms with Gasteiger partial charge in [-0.15, -0.1) is 0 Å². The van der Waals surface area contributed by atoms with Crippen molar-refractivity contribution in [3.63, 3.8) is 0 Å². The maximum absolute atomic E-state index is 13.0. The summed E-state index contributed by atoms with van der Waals surface area (Å²) in [4.78, 5) is 22.0. The summed E-state index contributed by atoms with van der Waals surface area (Å²) in [6.45, 7) is 0.456. The summed E-state index contributed by atoms with van der Waals surface area (Å²) in [6.07, 6.45) is 3.36. The Morgan fingerprint density at radius 1 is 1.00 bits per heavy atom. The molecule has 8 nitrogen and oxygen atoms in total. The number of sulfone groups is 1. The molecular weight excluding hydrogens is 426 g/mol. The van der Waals surface area contributed by atoms with Crippen molar-refractivity contribution in [1.82, 2.24) is 15.2 Å². The third-order valence-corrected chi connectivity index (χ3v) is 6.43. The Kier molecular flexibility index (Phi) is 7.21. The van der Waals surface area contributed by atoms with Crippen molar-refractivity contribution in [2.75, 3.05) is 26.5 Å². The highest BCUT2D eigenvalue weighted by atomic mass is 32.2. The number of carbonyl (C=O) groups excluding carboxylic acids is 1. The van der Waals surface area contributed by atoms with E-state index >= 15 is 0 Å². The van der Waals surface area contributed by atoms with Crippen LogP contribution in [-0.2, 0) is 16.4 Å². The summed E-state index contributed by atoms with van der Waals surface area (Å²) in [5.41, 5.74) is 2.06. The molecule has 0 radical (unpaired) electrons. The fourth-order valence-electron chi connectivity index (χ4n) is 2.91. The van der Waals surface area contributed by atoms with Crippen LogP contribution < -0.4 is 10.6 Å². The van der Waals surface area contributed by atoms with Gasteiger partial charge in [0, 0.05) is 51.3 Å². The molecule has 0 aliphatic rings. The summed E-state index contributed by atoms with van der Waals surface area (Å²) >= 11 is 0. The fourth-order valence-corrected chi connectivity index (χ4v) is 4.22. The number of amides is 1. The second-order valence-electron chi connectivity index (χ2n) is 7.16. The number of guanidine groups is 1. The van der Waals surface area contributed by atoms with E-state index in [0.29, 0.717) is 18.1 Å². The summed E-state index contributed by atoms with van der Waals surface area (Å²) in [5, 5.41) is 6.33. The van der Waals surface area contributed by atoms with Gasteiger partial charge in [0.05, 0.1) is 9.79 Å². The van der Waals surface area contributed by atoms with E-state index < -0.39 is 9.84 Å². The van der Waals surface area contributed by atoms with Crippen molar-refractivity contribution < 1.29 is 13.2 Å². The highest BCUT2D eigenvalue weighted by Crippen LogP contribution is 2.22. The molecule has 1 aromatic heterocycles. The zero-order valence-corrected chi connectivity index (χ0v) is 18.9. The quantitative estimate of drug-likeness (QED) is 0.441. The smallest absolute Gasteiger partial charge is 0.253 e. The number of nitrogens with zero attached hydrogens (tertiary/aromatic N) is 3. The number of aromatic nitrogens is 1. The summed E-state index contributed by atoms with van der Waals surface area (Å²) < 4.78 is 26.1. The van der Waals surface area contributed by atoms with Gasteiger partial charge in [-0.05, 0) is 48.0 Å². The van der Waals surface area contributed by atoms with Crippen molar-refractivity contribution in [2.45, 2.75) is 16.3 Å². The molecule has 166 valence electrons. The molecule has 0 saturated carbocycles. The van der Waals surface area contributed by atoms with E-state index in [0.717, 1.165) is 11.3 Å². The van der Waals surface area contributed by atoms with Gasteiger partial charge in [0.1, 0.15) is 0 Å². The molecule has 9 heteroatoms. The van der Waals surface area contributed by atoms with E-state index in [1.807, 2.05) is 12.1 Å². The van der Waals surface area contributed by atoms with E-state index in [4.69, 9.17) is 0 Å². The van der Waals surface area contributed by atoms with Crippen LogP contribution in [0, 0.1) is 0 Å². The van der Waals surface area contributed by atoms with Crippen molar-refractivity contribution in [3.8, 4) is 0 Å². The summed E-state index contributed by atoms with van der Waals surface area (Å²) in [5.74, 6) is 0.326. The van der Waals surface area contributed by atoms with Crippen LogP contribution in [0.4, 0.5) is 5.69 Å². The number of carbonyl (C=O) groups is 1. The Labute approximate surface area is 187 Å². The summed E-state index contributed by atoms with van der Waals surface area (Å²) in [6, 6.07) is 16.3. The molecule has 0 aliphatic carbocycles. The van der Waals surface area contributed by atoms with Gasteiger partial charge in [-0.3, -0.25) is 14.8 Å². The number of aliphatic imine (C=N–C) groups is 1. The number of pyridine rings is 1. The predicted molar refractivity (Wildman–Crippen MR) is 124 cm³/mol. The van der Waals surface area contributed by atoms with Gasteiger partial charge < -0.3 is 15.5 Å². The van der Waals surface area contributed by atoms with Crippen molar-refractivity contribution in [1.29, 1.82) is 0 Å². The lowest BCUT2D eigenvalue weighted by atomic mass is 10.2. The van der Waals surface area contributed by atoms with Crippen LogP contribution in [-0.4, -0.2) is 51.3 Å². The topological polar surface area (TPSA) is 104 Å². The molecular formula is C23H25N5O3S. The number of benzene rings is 2. The normalized spacial score (nSPS) is 11.7. The average molecular weight is 452 g/mol. The number of hydrogen-bond donors (Lipinski definition) is 2. The fraction of sp³-hybridized carbons (Fsp3) is 0.174. The number of anilines is 1. The maximum atomic E-state index is 13.0. The minimum atomic E-state index is -3.75. The first-order valence-electron chi connectivity index (χ1n) is 9.84. The van der Waals surface area contributed by atoms with Gasteiger partial charge >= 0.3 is 0 Å². The molecule has 0 atom stereocenters. The van der Waals surface area contributed by atoms with Crippen LogP contribution in [0.15, 0.2) is 87.8 Å². The lowest BCUT2D eigenvalue weighted by molar-refractivity contribution is 0.0827. The van der Waals surface area contributed by atoms with Crippen molar-refractivity contribution in [2.24, 2.45) is 4.99 Å². The van der Waals surface area contributed by atoms with Gasteiger partial charge in [0.15, 0.2) is 5.96 Å². The van der Waals surface area contributed by atoms with E-state index in [2.05, 4.69) is 20.6 Å². The van der Waals surface area contributed by atoms with Crippen LogP contribution in [0.2, 0.25) is 0 Å². The highest BCUT2D eigenvalue weighted by molar-refractivity contribution is 7.91. The first-order chi connectivity index (χ1) is 15.3. The van der Waals surface area contributed by atoms with E-state index in [1.54, 1.807) is 69.9 Å². The van der Waals surface area contributed by atoms with Gasteiger partial charge in [-0.25, -0.2) is 8.42 Å². The third-order valence-electron chi connectivity index (χ3n) is 4.66. The first kappa shape index (κ1) is 23.0. The first-order valence-corrected chi connectivity index (χ1v) is 11.3. The minimum Gasteiger partial charge on any atom is -0.352 e.